The number of fused-ring (bicyclic) bond motifs is 1. The predicted octanol–water partition coefficient (Wildman–Crippen LogP) is 3.66. The Morgan fingerprint density at radius 3 is 2.36 bits per heavy atom. The molecule has 0 heterocycles. The quantitative estimate of drug-likeness (QED) is 0.820. The van der Waals surface area contributed by atoms with Crippen molar-refractivity contribution in [3.05, 3.63) is 46.4 Å². The molecule has 0 saturated carbocycles. The Balaban J connectivity index is 2.82. The number of benzene rings is 2. The van der Waals surface area contributed by atoms with Crippen molar-refractivity contribution in [3.8, 4) is 0 Å². The van der Waals surface area contributed by atoms with Gasteiger partial charge in [-0.2, -0.15) is 0 Å². The van der Waals surface area contributed by atoms with E-state index in [2.05, 4.69) is 15.9 Å². The number of hydrogen-bond acceptors (Lipinski definition) is 1. The first-order chi connectivity index (χ1) is 6.70. The van der Waals surface area contributed by atoms with Crippen molar-refractivity contribution in [1.82, 2.24) is 0 Å². The van der Waals surface area contributed by atoms with Crippen molar-refractivity contribution in [2.75, 3.05) is 0 Å². The van der Waals surface area contributed by atoms with Crippen LogP contribution in [0.2, 0.25) is 0 Å². The summed E-state index contributed by atoms with van der Waals surface area (Å²) in [5.41, 5.74) is 0.976. The Labute approximate surface area is 91.5 Å². The summed E-state index contributed by atoms with van der Waals surface area (Å²) in [5, 5.41) is 11.8. The SMILES string of the molecule is CC(O)c1ccc(Br)c2ccccc12. The molecule has 0 saturated heterocycles. The van der Waals surface area contributed by atoms with Crippen LogP contribution in [0, 0.1) is 0 Å². The lowest BCUT2D eigenvalue weighted by molar-refractivity contribution is 0.201. The van der Waals surface area contributed by atoms with Crippen LogP contribution in [-0.2, 0) is 0 Å². The summed E-state index contributed by atoms with van der Waals surface area (Å²) < 4.78 is 1.07. The van der Waals surface area contributed by atoms with Crippen LogP contribution in [0.15, 0.2) is 40.9 Å². The molecule has 1 atom stereocenters. The summed E-state index contributed by atoms with van der Waals surface area (Å²) >= 11 is 3.50. The number of halogens is 1. The molecule has 0 aromatic heterocycles. The Morgan fingerprint density at radius 1 is 1.07 bits per heavy atom. The highest BCUT2D eigenvalue weighted by molar-refractivity contribution is 9.10. The van der Waals surface area contributed by atoms with E-state index in [-0.39, 0.29) is 0 Å². The third-order valence-corrected chi connectivity index (χ3v) is 3.05. The Bertz CT molecular complexity index is 463. The molecule has 0 aliphatic rings. The minimum atomic E-state index is -0.423. The molecule has 0 bridgehead atoms. The van der Waals surface area contributed by atoms with Gasteiger partial charge in [0.2, 0.25) is 0 Å². The van der Waals surface area contributed by atoms with Gasteiger partial charge in [0.1, 0.15) is 0 Å². The number of aliphatic hydroxyl groups excluding tert-OH is 1. The molecule has 1 N–H and O–H groups in total. The Kier molecular flexibility index (Phi) is 2.57. The summed E-state index contributed by atoms with van der Waals surface area (Å²) in [4.78, 5) is 0. The first kappa shape index (κ1) is 9.69. The van der Waals surface area contributed by atoms with Gasteiger partial charge in [0, 0.05) is 4.47 Å². The monoisotopic (exact) mass is 250 g/mol. The van der Waals surface area contributed by atoms with Crippen LogP contribution < -0.4 is 0 Å². The molecule has 2 rings (SSSR count). The average Bonchev–Trinajstić information content (AvgIpc) is 2.18. The van der Waals surface area contributed by atoms with E-state index in [1.807, 2.05) is 36.4 Å². The van der Waals surface area contributed by atoms with E-state index in [9.17, 15) is 5.11 Å². The van der Waals surface area contributed by atoms with Gasteiger partial charge in [-0.15, -0.1) is 0 Å². The summed E-state index contributed by atoms with van der Waals surface area (Å²) in [6.07, 6.45) is -0.423. The lowest BCUT2D eigenvalue weighted by Gasteiger charge is -2.10. The van der Waals surface area contributed by atoms with Crippen molar-refractivity contribution in [2.24, 2.45) is 0 Å². The average molecular weight is 251 g/mol. The van der Waals surface area contributed by atoms with Gasteiger partial charge < -0.3 is 5.11 Å². The zero-order chi connectivity index (χ0) is 10.1. The van der Waals surface area contributed by atoms with Gasteiger partial charge in [0.15, 0.2) is 0 Å². The maximum absolute atomic E-state index is 9.60. The van der Waals surface area contributed by atoms with E-state index in [1.54, 1.807) is 6.92 Å². The topological polar surface area (TPSA) is 20.2 Å². The first-order valence-corrected chi connectivity index (χ1v) is 5.34. The van der Waals surface area contributed by atoms with Gasteiger partial charge in [-0.05, 0) is 29.3 Å². The molecule has 0 amide bonds. The van der Waals surface area contributed by atoms with E-state index >= 15 is 0 Å². The smallest absolute Gasteiger partial charge is 0.0767 e. The van der Waals surface area contributed by atoms with Crippen molar-refractivity contribution < 1.29 is 5.11 Å². The highest BCUT2D eigenvalue weighted by Gasteiger charge is 2.07. The van der Waals surface area contributed by atoms with Crippen molar-refractivity contribution in [1.29, 1.82) is 0 Å². The normalized spacial score (nSPS) is 13.1. The van der Waals surface area contributed by atoms with Crippen molar-refractivity contribution in [3.63, 3.8) is 0 Å². The zero-order valence-electron chi connectivity index (χ0n) is 7.87. The molecule has 72 valence electrons. The maximum Gasteiger partial charge on any atom is 0.0767 e. The molecule has 0 radical (unpaired) electrons. The number of hydrogen-bond donors (Lipinski definition) is 1. The summed E-state index contributed by atoms with van der Waals surface area (Å²) in [6.45, 7) is 1.79. The second kappa shape index (κ2) is 3.71. The molecule has 1 unspecified atom stereocenters. The molecular weight excluding hydrogens is 240 g/mol. The molecule has 2 heteroatoms. The van der Waals surface area contributed by atoms with Crippen molar-refractivity contribution in [2.45, 2.75) is 13.0 Å². The van der Waals surface area contributed by atoms with Gasteiger partial charge in [-0.25, -0.2) is 0 Å². The van der Waals surface area contributed by atoms with Crippen LogP contribution in [0.5, 0.6) is 0 Å². The fourth-order valence-electron chi connectivity index (χ4n) is 1.65. The van der Waals surface area contributed by atoms with Crippen LogP contribution in [0.4, 0.5) is 0 Å². The van der Waals surface area contributed by atoms with E-state index in [0.717, 1.165) is 20.8 Å². The Hall–Kier alpha value is -0.860. The summed E-state index contributed by atoms with van der Waals surface area (Å²) in [7, 11) is 0. The van der Waals surface area contributed by atoms with E-state index in [0.29, 0.717) is 0 Å². The van der Waals surface area contributed by atoms with Gasteiger partial charge in [0.25, 0.3) is 0 Å². The molecule has 14 heavy (non-hydrogen) atoms. The minimum absolute atomic E-state index is 0.423. The third-order valence-electron chi connectivity index (χ3n) is 2.35. The summed E-state index contributed by atoms with van der Waals surface area (Å²) in [5.74, 6) is 0. The number of rotatable bonds is 1. The van der Waals surface area contributed by atoms with Crippen LogP contribution in [0.1, 0.15) is 18.6 Å². The molecule has 2 aromatic rings. The van der Waals surface area contributed by atoms with Crippen LogP contribution in [0.25, 0.3) is 10.8 Å². The highest BCUT2D eigenvalue weighted by atomic mass is 79.9. The largest absolute Gasteiger partial charge is 0.389 e. The maximum atomic E-state index is 9.60. The van der Waals surface area contributed by atoms with Crippen molar-refractivity contribution >= 4 is 26.7 Å². The minimum Gasteiger partial charge on any atom is -0.389 e. The Morgan fingerprint density at radius 2 is 1.71 bits per heavy atom. The molecule has 0 aliphatic carbocycles. The zero-order valence-corrected chi connectivity index (χ0v) is 9.45. The molecule has 0 fully saturated rings. The molecule has 0 spiro atoms. The van der Waals surface area contributed by atoms with E-state index in [1.165, 1.54) is 0 Å². The molecule has 1 nitrogen and oxygen atoms in total. The first-order valence-electron chi connectivity index (χ1n) is 4.55. The van der Waals surface area contributed by atoms with Crippen LogP contribution in [-0.4, -0.2) is 5.11 Å². The molecular formula is C12H11BrO. The number of aliphatic hydroxyl groups is 1. The lowest BCUT2D eigenvalue weighted by atomic mass is 10.0. The van der Waals surface area contributed by atoms with E-state index < -0.39 is 6.10 Å². The summed E-state index contributed by atoms with van der Waals surface area (Å²) in [6, 6.07) is 12.0. The fourth-order valence-corrected chi connectivity index (χ4v) is 2.13. The standard InChI is InChI=1S/C12H11BrO/c1-8(14)9-6-7-12(13)11-5-3-2-4-10(9)11/h2-8,14H,1H3. The van der Waals surface area contributed by atoms with E-state index in [4.69, 9.17) is 0 Å². The molecule has 2 aromatic carbocycles. The van der Waals surface area contributed by atoms with Gasteiger partial charge in [0.05, 0.1) is 6.10 Å². The second-order valence-corrected chi connectivity index (χ2v) is 4.21. The van der Waals surface area contributed by atoms with Crippen LogP contribution >= 0.6 is 15.9 Å². The van der Waals surface area contributed by atoms with Crippen LogP contribution in [0.3, 0.4) is 0 Å². The van der Waals surface area contributed by atoms with Gasteiger partial charge in [-0.3, -0.25) is 0 Å². The third kappa shape index (κ3) is 1.56. The van der Waals surface area contributed by atoms with Gasteiger partial charge >= 0.3 is 0 Å². The fraction of sp³-hybridized carbons (Fsp3) is 0.167. The predicted molar refractivity (Wildman–Crippen MR) is 62.3 cm³/mol. The second-order valence-electron chi connectivity index (χ2n) is 3.36. The highest BCUT2D eigenvalue weighted by Crippen LogP contribution is 2.29. The van der Waals surface area contributed by atoms with Gasteiger partial charge in [-0.1, -0.05) is 46.3 Å². The molecule has 0 aliphatic heterocycles. The lowest BCUT2D eigenvalue weighted by Crippen LogP contribution is -1.92.